The molecule has 1 amide bonds. The number of hydrogen-bond acceptors (Lipinski definition) is 11. The Morgan fingerprint density at radius 1 is 0.952 bits per heavy atom. The zero-order valence-corrected chi connectivity index (χ0v) is 27.3. The molecule has 13 nitrogen and oxygen atoms in total. The van der Waals surface area contributed by atoms with Gasteiger partial charge in [-0.1, -0.05) is 22.6 Å². The van der Waals surface area contributed by atoms with Crippen molar-refractivity contribution in [3.63, 3.8) is 0 Å². The number of rotatable bonds is 22. The highest BCUT2D eigenvalue weighted by Crippen LogP contribution is 2.31. The number of fused-ring (bicyclic) bond motifs is 1. The SMILES string of the molecule is COCCOCCOCCOCCOCCOCCC(=O)OCN(C(=O)CI)c1nc2c(F)cc(C#N)c(F)c2n1I. The minimum Gasteiger partial charge on any atom is -0.444 e. The van der Waals surface area contributed by atoms with Crippen molar-refractivity contribution >= 4 is 74.3 Å². The van der Waals surface area contributed by atoms with Crippen LogP contribution in [0.15, 0.2) is 6.07 Å². The molecular weight excluding hydrogens is 792 g/mol. The second-order valence-electron chi connectivity index (χ2n) is 8.13. The Hall–Kier alpha value is -1.80. The maximum absolute atomic E-state index is 14.7. The van der Waals surface area contributed by atoms with Crippen LogP contribution in [0.1, 0.15) is 12.0 Å². The molecule has 1 heterocycles. The first-order chi connectivity index (χ1) is 20.3. The molecule has 0 unspecified atom stereocenters. The van der Waals surface area contributed by atoms with Gasteiger partial charge in [0.1, 0.15) is 17.1 Å². The van der Waals surface area contributed by atoms with Gasteiger partial charge >= 0.3 is 5.97 Å². The summed E-state index contributed by atoms with van der Waals surface area (Å²) in [5.74, 6) is -3.21. The Bertz CT molecular complexity index is 1180. The van der Waals surface area contributed by atoms with E-state index in [1.54, 1.807) is 36.0 Å². The molecule has 0 fully saturated rings. The number of imidazole rings is 1. The van der Waals surface area contributed by atoms with Crippen molar-refractivity contribution in [3.8, 4) is 6.07 Å². The highest BCUT2D eigenvalue weighted by atomic mass is 127. The molecule has 0 saturated carbocycles. The van der Waals surface area contributed by atoms with E-state index in [1.807, 2.05) is 22.6 Å². The van der Waals surface area contributed by atoms with Crippen LogP contribution in [0.2, 0.25) is 0 Å². The van der Waals surface area contributed by atoms with E-state index in [4.69, 9.17) is 38.4 Å². The van der Waals surface area contributed by atoms with E-state index in [2.05, 4.69) is 4.98 Å². The lowest BCUT2D eigenvalue weighted by Gasteiger charge is -2.20. The second-order valence-corrected chi connectivity index (χ2v) is 9.85. The first-order valence-corrected chi connectivity index (χ1v) is 15.2. The number of methoxy groups -OCH3 is 1. The molecule has 0 saturated heterocycles. The average molecular weight is 824 g/mol. The summed E-state index contributed by atoms with van der Waals surface area (Å²) in [5.41, 5.74) is -1.16. The minimum atomic E-state index is -0.976. The van der Waals surface area contributed by atoms with Gasteiger partial charge in [-0.25, -0.2) is 21.4 Å². The molecule has 17 heteroatoms. The van der Waals surface area contributed by atoms with E-state index in [-0.39, 0.29) is 41.0 Å². The summed E-state index contributed by atoms with van der Waals surface area (Å²) >= 11 is 3.45. The summed E-state index contributed by atoms with van der Waals surface area (Å²) in [6.07, 6.45) is -0.0950. The molecule has 0 radical (unpaired) electrons. The van der Waals surface area contributed by atoms with Crippen molar-refractivity contribution in [2.45, 2.75) is 6.42 Å². The quantitative estimate of drug-likeness (QED) is 0.0569. The molecule has 1 aromatic heterocycles. The number of nitriles is 1. The Morgan fingerprint density at radius 3 is 1.98 bits per heavy atom. The van der Waals surface area contributed by atoms with Gasteiger partial charge in [0.2, 0.25) is 11.9 Å². The molecule has 1 aromatic carbocycles. The molecule has 0 aliphatic rings. The van der Waals surface area contributed by atoms with Crippen LogP contribution in [0.5, 0.6) is 0 Å². The number of carbonyl (C=O) groups excluding carboxylic acids is 2. The van der Waals surface area contributed by atoms with E-state index in [0.717, 1.165) is 13.7 Å². The fourth-order valence-corrected chi connectivity index (χ4v) is 4.40. The standard InChI is InChI=1S/C25H32F2I2N4O9/c1-36-4-5-38-8-9-40-12-13-41-11-10-39-7-6-37-3-2-21(35)42-17-32(20(34)15-28)25-31-23-19(26)14-18(16-30)22(27)24(23)33(25)29/h14H,2-13,15,17H2,1H3. The van der Waals surface area contributed by atoms with Gasteiger partial charge < -0.3 is 33.2 Å². The van der Waals surface area contributed by atoms with E-state index < -0.39 is 35.8 Å². The van der Waals surface area contributed by atoms with Crippen LogP contribution in [0, 0.1) is 23.0 Å². The van der Waals surface area contributed by atoms with Crippen LogP contribution in [0.25, 0.3) is 11.0 Å². The van der Waals surface area contributed by atoms with Gasteiger partial charge in [-0.2, -0.15) is 5.26 Å². The van der Waals surface area contributed by atoms with Crippen molar-refractivity contribution in [3.05, 3.63) is 23.3 Å². The Labute approximate surface area is 269 Å². The van der Waals surface area contributed by atoms with Gasteiger partial charge in [0.25, 0.3) is 0 Å². The molecule has 42 heavy (non-hydrogen) atoms. The van der Waals surface area contributed by atoms with Gasteiger partial charge in [-0.05, 0) is 6.07 Å². The number of aromatic nitrogens is 2. The summed E-state index contributed by atoms with van der Waals surface area (Å²) in [7, 11) is 1.61. The number of hydrogen-bond donors (Lipinski definition) is 0. The van der Waals surface area contributed by atoms with Crippen molar-refractivity contribution in [1.29, 1.82) is 5.26 Å². The number of esters is 1. The molecule has 2 rings (SSSR count). The number of nitrogens with zero attached hydrogens (tertiary/aromatic N) is 4. The lowest BCUT2D eigenvalue weighted by molar-refractivity contribution is -0.145. The van der Waals surface area contributed by atoms with Gasteiger partial charge in [-0.3, -0.25) is 9.59 Å². The normalized spacial score (nSPS) is 11.1. The largest absolute Gasteiger partial charge is 0.444 e. The van der Waals surface area contributed by atoms with Gasteiger partial charge in [0.15, 0.2) is 18.4 Å². The summed E-state index contributed by atoms with van der Waals surface area (Å²) in [6, 6.07) is 2.31. The van der Waals surface area contributed by atoms with Crippen LogP contribution in [-0.4, -0.2) is 111 Å². The predicted molar refractivity (Wildman–Crippen MR) is 162 cm³/mol. The van der Waals surface area contributed by atoms with E-state index in [9.17, 15) is 18.4 Å². The molecule has 234 valence electrons. The number of halogens is 4. The van der Waals surface area contributed by atoms with E-state index in [0.29, 0.717) is 59.5 Å². The molecule has 0 atom stereocenters. The summed E-state index contributed by atoms with van der Waals surface area (Å²) in [6.45, 7) is 3.82. The van der Waals surface area contributed by atoms with Crippen molar-refractivity contribution in [2.24, 2.45) is 0 Å². The minimum absolute atomic E-state index is 0.0172. The third-order valence-corrected chi connectivity index (χ3v) is 6.82. The van der Waals surface area contributed by atoms with Crippen LogP contribution in [-0.2, 0) is 42.7 Å². The van der Waals surface area contributed by atoms with Crippen molar-refractivity contribution in [1.82, 2.24) is 7.76 Å². The molecule has 0 bridgehead atoms. The van der Waals surface area contributed by atoms with Gasteiger partial charge in [0.05, 0.1) is 112 Å². The number of ether oxygens (including phenoxy) is 7. The van der Waals surface area contributed by atoms with Crippen molar-refractivity contribution < 1.29 is 51.5 Å². The fourth-order valence-electron chi connectivity index (χ4n) is 3.18. The van der Waals surface area contributed by atoms with Crippen LogP contribution in [0.4, 0.5) is 14.7 Å². The van der Waals surface area contributed by atoms with Gasteiger partial charge in [-0.15, -0.1) is 0 Å². The van der Waals surface area contributed by atoms with Gasteiger partial charge in [0, 0.05) is 7.11 Å². The third kappa shape index (κ3) is 12.1. The molecule has 2 aromatic rings. The number of anilines is 1. The van der Waals surface area contributed by atoms with Crippen LogP contribution < -0.4 is 4.90 Å². The average Bonchev–Trinajstić information content (AvgIpc) is 3.33. The zero-order chi connectivity index (χ0) is 30.7. The molecule has 0 spiro atoms. The monoisotopic (exact) mass is 824 g/mol. The maximum atomic E-state index is 14.7. The third-order valence-electron chi connectivity index (χ3n) is 5.25. The Balaban J connectivity index is 1.63. The molecule has 0 N–H and O–H groups in total. The highest BCUT2D eigenvalue weighted by molar-refractivity contribution is 14.1. The first kappa shape index (κ1) is 36.4. The molecule has 0 aliphatic carbocycles. The summed E-state index contributed by atoms with van der Waals surface area (Å²) < 4.78 is 67.0. The number of alkyl halides is 1. The first-order valence-electron chi connectivity index (χ1n) is 12.7. The lowest BCUT2D eigenvalue weighted by Crippen LogP contribution is -2.36. The smallest absolute Gasteiger partial charge is 0.309 e. The Morgan fingerprint density at radius 2 is 1.48 bits per heavy atom. The van der Waals surface area contributed by atoms with E-state index >= 15 is 0 Å². The zero-order valence-electron chi connectivity index (χ0n) is 23.0. The number of carbonyl (C=O) groups is 2. The predicted octanol–water partition coefficient (Wildman–Crippen LogP) is 2.77. The second kappa shape index (κ2) is 21.0. The van der Waals surface area contributed by atoms with Crippen LogP contribution >= 0.6 is 45.5 Å². The number of benzene rings is 1. The lowest BCUT2D eigenvalue weighted by atomic mass is 10.2. The Kier molecular flexibility index (Phi) is 18.2. The number of amides is 1. The summed E-state index contributed by atoms with van der Waals surface area (Å²) in [4.78, 5) is 29.8. The summed E-state index contributed by atoms with van der Waals surface area (Å²) in [5, 5.41) is 9.05. The fraction of sp³-hybridized carbons (Fsp3) is 0.600. The van der Waals surface area contributed by atoms with Crippen molar-refractivity contribution in [2.75, 3.05) is 95.8 Å². The van der Waals surface area contributed by atoms with Crippen LogP contribution in [0.3, 0.4) is 0 Å². The highest BCUT2D eigenvalue weighted by Gasteiger charge is 2.27. The topological polar surface area (TPSA) is 144 Å². The molecule has 0 aliphatic heterocycles. The van der Waals surface area contributed by atoms with E-state index in [1.165, 1.54) is 0 Å². The molecular formula is C25H32F2I2N4O9. The maximum Gasteiger partial charge on any atom is 0.309 e.